The second kappa shape index (κ2) is 6.04. The van der Waals surface area contributed by atoms with Crippen molar-refractivity contribution in [3.8, 4) is 0 Å². The number of aryl methyl sites for hydroxylation is 1. The highest BCUT2D eigenvalue weighted by atomic mass is 32.2. The highest BCUT2D eigenvalue weighted by molar-refractivity contribution is 7.91. The van der Waals surface area contributed by atoms with Crippen molar-refractivity contribution in [2.24, 2.45) is 0 Å². The molecule has 1 N–H and O–H groups in total. The number of hydrogen-bond donors (Lipinski definition) is 1. The third-order valence-corrected chi connectivity index (χ3v) is 5.44. The van der Waals surface area contributed by atoms with Gasteiger partial charge in [-0.3, -0.25) is 0 Å². The maximum Gasteiger partial charge on any atom is 0.300 e. The maximum absolute atomic E-state index is 11.9. The minimum Gasteiger partial charge on any atom is -0.423 e. The Morgan fingerprint density at radius 2 is 1.83 bits per heavy atom. The first-order valence-electron chi connectivity index (χ1n) is 7.51. The molecular formula is C17H18N2O3S. The van der Waals surface area contributed by atoms with E-state index in [0.717, 1.165) is 12.1 Å². The fourth-order valence-corrected chi connectivity index (χ4v) is 3.17. The quantitative estimate of drug-likeness (QED) is 0.767. The van der Waals surface area contributed by atoms with Gasteiger partial charge in [-0.05, 0) is 42.3 Å². The maximum atomic E-state index is 11.9. The molecule has 0 aliphatic carbocycles. The minimum atomic E-state index is -3.25. The van der Waals surface area contributed by atoms with Gasteiger partial charge in [-0.15, -0.1) is 0 Å². The molecule has 120 valence electrons. The molecule has 0 saturated heterocycles. The lowest BCUT2D eigenvalue weighted by Gasteiger charge is -2.02. The number of sulfone groups is 1. The fraction of sp³-hybridized carbons (Fsp3) is 0.235. The molecule has 0 radical (unpaired) electrons. The van der Waals surface area contributed by atoms with Gasteiger partial charge in [0.25, 0.3) is 6.01 Å². The van der Waals surface area contributed by atoms with Crippen molar-refractivity contribution in [1.29, 1.82) is 0 Å². The Labute approximate surface area is 135 Å². The summed E-state index contributed by atoms with van der Waals surface area (Å²) in [5, 5.41) is 3.09. The average Bonchev–Trinajstić information content (AvgIpc) is 2.96. The summed E-state index contributed by atoms with van der Waals surface area (Å²) in [5.41, 5.74) is 3.19. The van der Waals surface area contributed by atoms with Crippen LogP contribution < -0.4 is 5.32 Å². The minimum absolute atomic E-state index is 0.0608. The summed E-state index contributed by atoms with van der Waals surface area (Å²) in [6, 6.07) is 13.1. The van der Waals surface area contributed by atoms with Gasteiger partial charge in [0.1, 0.15) is 5.52 Å². The van der Waals surface area contributed by atoms with E-state index in [9.17, 15) is 8.42 Å². The first kappa shape index (κ1) is 15.6. The molecule has 0 aliphatic rings. The van der Waals surface area contributed by atoms with Crippen molar-refractivity contribution in [2.75, 3.05) is 11.1 Å². The van der Waals surface area contributed by atoms with E-state index in [2.05, 4.69) is 17.2 Å². The molecule has 0 atom stereocenters. The van der Waals surface area contributed by atoms with Crippen LogP contribution in [0.2, 0.25) is 0 Å². The summed E-state index contributed by atoms with van der Waals surface area (Å²) >= 11 is 0. The molecule has 3 aromatic rings. The van der Waals surface area contributed by atoms with Gasteiger partial charge in [-0.2, -0.15) is 4.98 Å². The molecule has 0 aliphatic heterocycles. The van der Waals surface area contributed by atoms with E-state index in [1.54, 1.807) is 25.1 Å². The predicted molar refractivity (Wildman–Crippen MR) is 90.8 cm³/mol. The van der Waals surface area contributed by atoms with Crippen LogP contribution >= 0.6 is 0 Å². The van der Waals surface area contributed by atoms with Crippen LogP contribution in [-0.4, -0.2) is 19.2 Å². The van der Waals surface area contributed by atoms with Crippen molar-refractivity contribution in [1.82, 2.24) is 4.98 Å². The zero-order chi connectivity index (χ0) is 16.4. The zero-order valence-corrected chi connectivity index (χ0v) is 13.9. The van der Waals surface area contributed by atoms with Crippen LogP contribution in [0.5, 0.6) is 0 Å². The van der Waals surface area contributed by atoms with Crippen LogP contribution in [0.3, 0.4) is 0 Å². The van der Waals surface area contributed by atoms with E-state index in [-0.39, 0.29) is 10.6 Å². The van der Waals surface area contributed by atoms with Crippen LogP contribution in [0.1, 0.15) is 19.4 Å². The van der Waals surface area contributed by atoms with Crippen LogP contribution in [0, 0.1) is 0 Å². The molecule has 2 aromatic carbocycles. The molecule has 0 saturated carbocycles. The first-order valence-corrected chi connectivity index (χ1v) is 9.16. The Morgan fingerprint density at radius 3 is 2.48 bits per heavy atom. The van der Waals surface area contributed by atoms with Gasteiger partial charge in [0.05, 0.1) is 10.6 Å². The summed E-state index contributed by atoms with van der Waals surface area (Å²) in [5.74, 6) is 0.0608. The number of anilines is 2. The molecule has 0 fully saturated rings. The summed E-state index contributed by atoms with van der Waals surface area (Å²) < 4.78 is 29.5. The fourth-order valence-electron chi connectivity index (χ4n) is 2.27. The molecule has 0 unspecified atom stereocenters. The summed E-state index contributed by atoms with van der Waals surface area (Å²) in [6.07, 6.45) is 0.984. The Morgan fingerprint density at radius 1 is 1.09 bits per heavy atom. The lowest BCUT2D eigenvalue weighted by atomic mass is 10.1. The molecular weight excluding hydrogens is 312 g/mol. The standard InChI is InChI=1S/C17H18N2O3S/c1-3-12-5-7-13(8-6-12)18-17-19-15-11-14(23(20,21)4-2)9-10-16(15)22-17/h5-11H,3-4H2,1-2H3,(H,18,19). The average molecular weight is 330 g/mol. The number of hydrogen-bond acceptors (Lipinski definition) is 5. The van der Waals surface area contributed by atoms with Crippen LogP contribution in [0.25, 0.3) is 11.1 Å². The van der Waals surface area contributed by atoms with Crippen LogP contribution in [0.15, 0.2) is 51.8 Å². The van der Waals surface area contributed by atoms with E-state index >= 15 is 0 Å². The SMILES string of the molecule is CCc1ccc(Nc2nc3cc(S(=O)(=O)CC)ccc3o2)cc1. The topological polar surface area (TPSA) is 72.2 Å². The van der Waals surface area contributed by atoms with E-state index in [1.807, 2.05) is 24.3 Å². The number of benzene rings is 2. The number of oxazole rings is 1. The number of aromatic nitrogens is 1. The number of rotatable bonds is 5. The van der Waals surface area contributed by atoms with E-state index in [0.29, 0.717) is 17.1 Å². The highest BCUT2D eigenvalue weighted by Crippen LogP contribution is 2.25. The molecule has 0 spiro atoms. The summed E-state index contributed by atoms with van der Waals surface area (Å²) in [7, 11) is -3.25. The predicted octanol–water partition coefficient (Wildman–Crippen LogP) is 3.93. The third kappa shape index (κ3) is 3.22. The van der Waals surface area contributed by atoms with Gasteiger partial charge < -0.3 is 9.73 Å². The van der Waals surface area contributed by atoms with Gasteiger partial charge in [-0.1, -0.05) is 26.0 Å². The van der Waals surface area contributed by atoms with Gasteiger partial charge in [0.2, 0.25) is 0 Å². The lowest BCUT2D eigenvalue weighted by molar-refractivity contribution is 0.597. The normalized spacial score (nSPS) is 11.7. The van der Waals surface area contributed by atoms with E-state index in [1.165, 1.54) is 5.56 Å². The lowest BCUT2D eigenvalue weighted by Crippen LogP contribution is -2.03. The van der Waals surface area contributed by atoms with Gasteiger partial charge in [-0.25, -0.2) is 8.42 Å². The second-order valence-electron chi connectivity index (χ2n) is 5.23. The summed E-state index contributed by atoms with van der Waals surface area (Å²) in [4.78, 5) is 4.58. The van der Waals surface area contributed by atoms with Gasteiger partial charge >= 0.3 is 0 Å². The van der Waals surface area contributed by atoms with Crippen molar-refractivity contribution < 1.29 is 12.8 Å². The molecule has 3 rings (SSSR count). The Kier molecular flexibility index (Phi) is 4.09. The highest BCUT2D eigenvalue weighted by Gasteiger charge is 2.14. The number of nitrogens with one attached hydrogen (secondary N) is 1. The molecule has 0 amide bonds. The van der Waals surface area contributed by atoms with E-state index in [4.69, 9.17) is 4.42 Å². The molecule has 23 heavy (non-hydrogen) atoms. The molecule has 6 heteroatoms. The number of nitrogens with zero attached hydrogens (tertiary/aromatic N) is 1. The Bertz CT molecular complexity index is 928. The summed E-state index contributed by atoms with van der Waals surface area (Å²) in [6.45, 7) is 3.72. The first-order chi connectivity index (χ1) is 11.0. The molecule has 0 bridgehead atoms. The second-order valence-corrected chi connectivity index (χ2v) is 7.51. The Hall–Kier alpha value is -2.34. The van der Waals surface area contributed by atoms with Gasteiger partial charge in [0, 0.05) is 5.69 Å². The molecule has 1 aromatic heterocycles. The van der Waals surface area contributed by atoms with Crippen LogP contribution in [0.4, 0.5) is 11.7 Å². The molecule has 5 nitrogen and oxygen atoms in total. The Balaban J connectivity index is 1.90. The van der Waals surface area contributed by atoms with Crippen molar-refractivity contribution in [3.63, 3.8) is 0 Å². The largest absolute Gasteiger partial charge is 0.423 e. The smallest absolute Gasteiger partial charge is 0.300 e. The van der Waals surface area contributed by atoms with Crippen LogP contribution in [-0.2, 0) is 16.3 Å². The van der Waals surface area contributed by atoms with Gasteiger partial charge in [0.15, 0.2) is 15.4 Å². The van der Waals surface area contributed by atoms with Crippen molar-refractivity contribution in [3.05, 3.63) is 48.0 Å². The van der Waals surface area contributed by atoms with E-state index < -0.39 is 9.84 Å². The number of fused-ring (bicyclic) bond motifs is 1. The van der Waals surface area contributed by atoms with Crippen molar-refractivity contribution in [2.45, 2.75) is 25.2 Å². The van der Waals surface area contributed by atoms with Crippen molar-refractivity contribution >= 4 is 32.6 Å². The third-order valence-electron chi connectivity index (χ3n) is 3.71. The molecule has 1 heterocycles. The monoisotopic (exact) mass is 330 g/mol. The zero-order valence-electron chi connectivity index (χ0n) is 13.0.